The second-order valence-electron chi connectivity index (χ2n) is 6.14. The van der Waals surface area contributed by atoms with Gasteiger partial charge in [-0.2, -0.15) is 0 Å². The van der Waals surface area contributed by atoms with Crippen LogP contribution in [0, 0.1) is 6.92 Å². The molecule has 132 valence electrons. The quantitative estimate of drug-likeness (QED) is 0.622. The van der Waals surface area contributed by atoms with Crippen molar-refractivity contribution in [1.29, 1.82) is 0 Å². The third-order valence-corrected chi connectivity index (χ3v) is 6.00. The molecule has 3 N–H and O–H groups in total. The lowest BCUT2D eigenvalue weighted by molar-refractivity contribution is -0.110. The highest BCUT2D eigenvalue weighted by atomic mass is 32.2. The van der Waals surface area contributed by atoms with E-state index in [4.69, 9.17) is 0 Å². The predicted molar refractivity (Wildman–Crippen MR) is 102 cm³/mol. The number of rotatable bonds is 3. The molecule has 4 rings (SSSR count). The van der Waals surface area contributed by atoms with Crippen molar-refractivity contribution in [3.63, 3.8) is 0 Å². The number of H-pyrrole nitrogens is 1. The molecular weight excluding hydrogens is 350 g/mol. The number of hydrogen-bond donors (Lipinski definition) is 3. The van der Waals surface area contributed by atoms with E-state index in [0.29, 0.717) is 16.8 Å². The van der Waals surface area contributed by atoms with Crippen molar-refractivity contribution >= 4 is 44.2 Å². The number of para-hydroxylation sites is 1. The normalized spacial score (nSPS) is 15.5. The monoisotopic (exact) mass is 367 g/mol. The maximum atomic E-state index is 12.5. The van der Waals surface area contributed by atoms with Gasteiger partial charge in [0.15, 0.2) is 0 Å². The Hall–Kier alpha value is -2.90. The van der Waals surface area contributed by atoms with Gasteiger partial charge in [0.1, 0.15) is 0 Å². The first-order valence-corrected chi connectivity index (χ1v) is 9.57. The van der Waals surface area contributed by atoms with Gasteiger partial charge in [-0.05, 0) is 44.3 Å². The Labute approximate surface area is 151 Å². The molecule has 0 bridgehead atoms. The van der Waals surface area contributed by atoms with Gasteiger partial charge in [0, 0.05) is 39.0 Å². The highest BCUT2D eigenvalue weighted by Crippen LogP contribution is 2.36. The van der Waals surface area contributed by atoms with Crippen LogP contribution in [0.5, 0.6) is 0 Å². The molecule has 0 radical (unpaired) electrons. The summed E-state index contributed by atoms with van der Waals surface area (Å²) in [6.45, 7) is 1.95. The molecule has 1 aliphatic heterocycles. The Morgan fingerprint density at radius 1 is 1.12 bits per heavy atom. The van der Waals surface area contributed by atoms with Crippen molar-refractivity contribution in [3.8, 4) is 0 Å². The summed E-state index contributed by atoms with van der Waals surface area (Å²) in [6, 6.07) is 12.5. The fourth-order valence-electron chi connectivity index (χ4n) is 3.22. The molecule has 0 spiro atoms. The number of carbonyl (C=O) groups excluding carboxylic acids is 1. The van der Waals surface area contributed by atoms with Crippen LogP contribution in [-0.4, -0.2) is 26.4 Å². The number of nitrogens with one attached hydrogen (secondary N) is 3. The highest BCUT2D eigenvalue weighted by molar-refractivity contribution is 7.89. The summed E-state index contributed by atoms with van der Waals surface area (Å²) in [4.78, 5) is 15.9. The van der Waals surface area contributed by atoms with Gasteiger partial charge in [-0.3, -0.25) is 4.79 Å². The zero-order valence-electron chi connectivity index (χ0n) is 14.3. The number of carbonyl (C=O) groups is 1. The minimum Gasteiger partial charge on any atom is -0.358 e. The third-order valence-electron chi connectivity index (χ3n) is 4.59. The number of aromatic amines is 1. The first-order valence-electron chi connectivity index (χ1n) is 8.09. The molecule has 2 aromatic carbocycles. The second kappa shape index (κ2) is 5.82. The van der Waals surface area contributed by atoms with Crippen LogP contribution in [0.15, 0.2) is 47.4 Å². The number of anilines is 1. The van der Waals surface area contributed by atoms with Gasteiger partial charge >= 0.3 is 0 Å². The van der Waals surface area contributed by atoms with Gasteiger partial charge in [-0.1, -0.05) is 18.2 Å². The van der Waals surface area contributed by atoms with Gasteiger partial charge in [-0.15, -0.1) is 0 Å². The van der Waals surface area contributed by atoms with Crippen molar-refractivity contribution < 1.29 is 13.2 Å². The highest BCUT2D eigenvalue weighted by Gasteiger charge is 2.27. The molecule has 1 aromatic heterocycles. The molecule has 0 aliphatic carbocycles. The maximum Gasteiger partial charge on any atom is 0.256 e. The number of fused-ring (bicyclic) bond motifs is 2. The number of aromatic nitrogens is 1. The van der Waals surface area contributed by atoms with Gasteiger partial charge < -0.3 is 10.3 Å². The third kappa shape index (κ3) is 2.53. The Morgan fingerprint density at radius 3 is 2.65 bits per heavy atom. The fraction of sp³-hybridized carbons (Fsp3) is 0.105. The molecule has 1 amide bonds. The summed E-state index contributed by atoms with van der Waals surface area (Å²) in [5, 5.41) is 3.80. The summed E-state index contributed by atoms with van der Waals surface area (Å²) in [6.07, 6.45) is 1.81. The molecule has 6 nitrogen and oxygen atoms in total. The molecule has 1 aliphatic rings. The van der Waals surface area contributed by atoms with Crippen molar-refractivity contribution in [2.75, 3.05) is 12.4 Å². The van der Waals surface area contributed by atoms with E-state index in [0.717, 1.165) is 22.2 Å². The maximum absolute atomic E-state index is 12.5. The molecule has 26 heavy (non-hydrogen) atoms. The number of sulfonamides is 1. The Balaban J connectivity index is 1.91. The first kappa shape index (κ1) is 16.6. The lowest BCUT2D eigenvalue weighted by Crippen LogP contribution is -2.18. The summed E-state index contributed by atoms with van der Waals surface area (Å²) in [5.41, 5.74) is 4.48. The van der Waals surface area contributed by atoms with Crippen LogP contribution in [0.4, 0.5) is 5.69 Å². The minimum atomic E-state index is -3.59. The molecule has 0 atom stereocenters. The lowest BCUT2D eigenvalue weighted by Gasteiger charge is -2.05. The van der Waals surface area contributed by atoms with E-state index >= 15 is 0 Å². The van der Waals surface area contributed by atoms with E-state index in [1.165, 1.54) is 19.2 Å². The molecular formula is C19H17N3O3S. The van der Waals surface area contributed by atoms with E-state index in [1.807, 2.05) is 37.3 Å². The van der Waals surface area contributed by atoms with E-state index < -0.39 is 10.0 Å². The van der Waals surface area contributed by atoms with Crippen LogP contribution in [0.3, 0.4) is 0 Å². The van der Waals surface area contributed by atoms with E-state index in [9.17, 15) is 13.2 Å². The van der Waals surface area contributed by atoms with Crippen LogP contribution >= 0.6 is 0 Å². The van der Waals surface area contributed by atoms with Crippen molar-refractivity contribution in [1.82, 2.24) is 9.71 Å². The summed E-state index contributed by atoms with van der Waals surface area (Å²) < 4.78 is 26.5. The molecule has 0 fully saturated rings. The van der Waals surface area contributed by atoms with Gasteiger partial charge in [-0.25, -0.2) is 13.1 Å². The van der Waals surface area contributed by atoms with Crippen LogP contribution in [0.2, 0.25) is 0 Å². The van der Waals surface area contributed by atoms with Gasteiger partial charge in [0.2, 0.25) is 10.0 Å². The summed E-state index contributed by atoms with van der Waals surface area (Å²) in [5.74, 6) is -0.247. The van der Waals surface area contributed by atoms with Gasteiger partial charge in [0.25, 0.3) is 5.91 Å². The number of aryl methyl sites for hydroxylation is 1. The second-order valence-corrected chi connectivity index (χ2v) is 8.02. The topological polar surface area (TPSA) is 91.1 Å². The molecule has 0 unspecified atom stereocenters. The zero-order valence-corrected chi connectivity index (χ0v) is 15.1. The SMILES string of the molecule is CNS(=O)(=O)c1ccc2c(c1)/C(=C/c1c(C)[nH]c3ccccc13)C(=O)N2. The van der Waals surface area contributed by atoms with Crippen LogP contribution in [0.25, 0.3) is 22.6 Å². The van der Waals surface area contributed by atoms with Crippen LogP contribution < -0.4 is 10.0 Å². The van der Waals surface area contributed by atoms with Crippen molar-refractivity contribution in [2.24, 2.45) is 0 Å². The van der Waals surface area contributed by atoms with E-state index in [-0.39, 0.29) is 10.8 Å². The summed E-state index contributed by atoms with van der Waals surface area (Å²) >= 11 is 0. The van der Waals surface area contributed by atoms with E-state index in [1.54, 1.807) is 6.07 Å². The number of amides is 1. The zero-order chi connectivity index (χ0) is 18.5. The predicted octanol–water partition coefficient (Wildman–Crippen LogP) is 2.88. The largest absolute Gasteiger partial charge is 0.358 e. The Morgan fingerprint density at radius 2 is 1.88 bits per heavy atom. The molecule has 3 aromatic rings. The average molecular weight is 367 g/mol. The van der Waals surface area contributed by atoms with Gasteiger partial charge in [0.05, 0.1) is 4.90 Å². The molecule has 0 saturated heterocycles. The molecule has 2 heterocycles. The minimum absolute atomic E-state index is 0.122. The molecule has 0 saturated carbocycles. The summed E-state index contributed by atoms with van der Waals surface area (Å²) in [7, 11) is -2.23. The smallest absolute Gasteiger partial charge is 0.256 e. The first-order chi connectivity index (χ1) is 12.4. The van der Waals surface area contributed by atoms with E-state index in [2.05, 4.69) is 15.0 Å². The lowest BCUT2D eigenvalue weighted by atomic mass is 10.0. The molecule has 7 heteroatoms. The number of hydrogen-bond acceptors (Lipinski definition) is 3. The fourth-order valence-corrected chi connectivity index (χ4v) is 3.98. The Kier molecular flexibility index (Phi) is 3.71. The standard InChI is InChI=1S/C19H17N3O3S/c1-11-14(13-5-3-4-6-17(13)21-11)10-16-15-9-12(26(24,25)20-2)7-8-18(15)22-19(16)23/h3-10,20-21H,1-2H3,(H,22,23)/b16-10-. The Bertz CT molecular complexity index is 1190. The van der Waals surface area contributed by atoms with Crippen LogP contribution in [0.1, 0.15) is 16.8 Å². The average Bonchev–Trinajstić information content (AvgIpc) is 3.11. The van der Waals surface area contributed by atoms with Crippen molar-refractivity contribution in [2.45, 2.75) is 11.8 Å². The van der Waals surface area contributed by atoms with Crippen LogP contribution in [-0.2, 0) is 14.8 Å². The van der Waals surface area contributed by atoms with Crippen molar-refractivity contribution in [3.05, 3.63) is 59.3 Å². The number of benzene rings is 2.